The normalized spacial score (nSPS) is 12.7. The minimum atomic E-state index is -4.12. The zero-order valence-corrected chi connectivity index (χ0v) is 22.6. The molecule has 0 saturated heterocycles. The van der Waals surface area contributed by atoms with E-state index in [4.69, 9.17) is 14.9 Å². The Morgan fingerprint density at radius 2 is 1.18 bits per heavy atom. The molecule has 0 aromatic carbocycles. The molecule has 0 aliphatic rings. The van der Waals surface area contributed by atoms with Crippen LogP contribution in [0.3, 0.4) is 0 Å². The van der Waals surface area contributed by atoms with Crippen LogP contribution in [0.1, 0.15) is 99.3 Å². The first-order valence-corrected chi connectivity index (χ1v) is 12.7. The topological polar surface area (TPSA) is 48.8 Å². The van der Waals surface area contributed by atoms with Gasteiger partial charge in [-0.15, -0.1) is 0 Å². The number of methoxy groups -OCH3 is 2. The molecule has 1 atom stereocenters. The maximum Gasteiger partial charge on any atom is 0.389 e. The van der Waals surface area contributed by atoms with Crippen molar-refractivity contribution in [1.29, 1.82) is 5.41 Å². The molecule has 0 amide bonds. The quantitative estimate of drug-likeness (QED) is 0.108. The summed E-state index contributed by atoms with van der Waals surface area (Å²) in [6, 6.07) is 0. The molecule has 8 heteroatoms. The lowest BCUT2D eigenvalue weighted by atomic mass is 9.88. The molecule has 0 heterocycles. The average Bonchev–Trinajstić information content (AvgIpc) is 2.79. The summed E-state index contributed by atoms with van der Waals surface area (Å²) in [5, 5.41) is 7.86. The first kappa shape index (κ1) is 34.1. The third kappa shape index (κ3) is 15.5. The highest BCUT2D eigenvalue weighted by atomic mass is 19.4. The standard InChI is InChI=1S/C16H31F3O2.C9H21N3/c1-5-6-7-8-9-10-11-14(12-13-16(17,18)19)15(2,20-3)21-4;1-5-11(6-2)9(10)12(7-3)8-4/h14H,5-13H2,1-4H3;10H,5-8H2,1-4H3. The van der Waals surface area contributed by atoms with Crippen molar-refractivity contribution in [1.82, 2.24) is 9.80 Å². The van der Waals surface area contributed by atoms with Gasteiger partial charge in [-0.1, -0.05) is 45.4 Å². The molecule has 5 nitrogen and oxygen atoms in total. The minimum Gasteiger partial charge on any atom is -0.353 e. The number of hydrogen-bond donors (Lipinski definition) is 1. The van der Waals surface area contributed by atoms with Gasteiger partial charge in [-0.25, -0.2) is 0 Å². The maximum atomic E-state index is 12.5. The number of guanidine groups is 1. The van der Waals surface area contributed by atoms with Crippen LogP contribution in [0.2, 0.25) is 0 Å². The SMILES string of the molecule is CCCCCCCCC(CCC(F)(F)F)C(C)(OC)OC.CCN(CC)C(=N)N(CC)CC. The predicted molar refractivity (Wildman–Crippen MR) is 133 cm³/mol. The largest absolute Gasteiger partial charge is 0.389 e. The highest BCUT2D eigenvalue weighted by molar-refractivity contribution is 5.76. The van der Waals surface area contributed by atoms with Crippen LogP contribution in [0.25, 0.3) is 0 Å². The van der Waals surface area contributed by atoms with Crippen molar-refractivity contribution in [3.63, 3.8) is 0 Å². The lowest BCUT2D eigenvalue weighted by Crippen LogP contribution is -2.43. The number of nitrogens with one attached hydrogen (secondary N) is 1. The van der Waals surface area contributed by atoms with Crippen LogP contribution in [-0.4, -0.2) is 68.1 Å². The van der Waals surface area contributed by atoms with E-state index in [1.54, 1.807) is 6.92 Å². The summed E-state index contributed by atoms with van der Waals surface area (Å²) < 4.78 is 48.0. The van der Waals surface area contributed by atoms with Crippen LogP contribution < -0.4 is 0 Å². The molecule has 33 heavy (non-hydrogen) atoms. The molecule has 0 fully saturated rings. The first-order chi connectivity index (χ1) is 15.5. The number of alkyl halides is 3. The highest BCUT2D eigenvalue weighted by Gasteiger charge is 2.37. The number of halogens is 3. The Kier molecular flexibility index (Phi) is 20.0. The Bertz CT molecular complexity index is 450. The monoisotopic (exact) mass is 483 g/mol. The fraction of sp³-hybridized carbons (Fsp3) is 0.960. The van der Waals surface area contributed by atoms with Crippen molar-refractivity contribution in [2.75, 3.05) is 40.4 Å². The van der Waals surface area contributed by atoms with Crippen LogP contribution in [0, 0.1) is 11.3 Å². The van der Waals surface area contributed by atoms with Crippen molar-refractivity contribution in [2.45, 2.75) is 111 Å². The van der Waals surface area contributed by atoms with E-state index in [0.29, 0.717) is 12.4 Å². The van der Waals surface area contributed by atoms with E-state index in [2.05, 4.69) is 44.4 Å². The first-order valence-electron chi connectivity index (χ1n) is 12.7. The van der Waals surface area contributed by atoms with Gasteiger partial charge in [0.2, 0.25) is 0 Å². The van der Waals surface area contributed by atoms with E-state index in [9.17, 15) is 13.2 Å². The van der Waals surface area contributed by atoms with E-state index in [0.717, 1.165) is 45.4 Å². The maximum absolute atomic E-state index is 12.5. The van der Waals surface area contributed by atoms with Gasteiger partial charge in [0.25, 0.3) is 0 Å². The second-order valence-corrected chi connectivity index (χ2v) is 8.50. The molecule has 0 aliphatic heterocycles. The van der Waals surface area contributed by atoms with Crippen LogP contribution in [0.15, 0.2) is 0 Å². The third-order valence-corrected chi connectivity index (χ3v) is 6.36. The Morgan fingerprint density at radius 3 is 1.55 bits per heavy atom. The van der Waals surface area contributed by atoms with E-state index in [1.165, 1.54) is 33.5 Å². The summed E-state index contributed by atoms with van der Waals surface area (Å²) in [4.78, 5) is 4.12. The number of rotatable bonds is 16. The summed E-state index contributed by atoms with van der Waals surface area (Å²) in [6.45, 7) is 15.9. The number of unbranched alkanes of at least 4 members (excludes halogenated alkanes) is 5. The van der Waals surface area contributed by atoms with Gasteiger partial charge >= 0.3 is 6.18 Å². The molecule has 0 aromatic rings. The Morgan fingerprint density at radius 1 is 0.758 bits per heavy atom. The van der Waals surface area contributed by atoms with E-state index in [-0.39, 0.29) is 12.3 Å². The highest BCUT2D eigenvalue weighted by Crippen LogP contribution is 2.34. The van der Waals surface area contributed by atoms with Crippen molar-refractivity contribution >= 4 is 5.96 Å². The molecular weight excluding hydrogens is 431 g/mol. The Hall–Kier alpha value is -1.02. The molecular formula is C25H52F3N3O2. The molecule has 0 radical (unpaired) electrons. The summed E-state index contributed by atoms with van der Waals surface area (Å²) in [5.41, 5.74) is 0. The molecule has 200 valence electrons. The van der Waals surface area contributed by atoms with Crippen LogP contribution >= 0.6 is 0 Å². The second kappa shape index (κ2) is 19.3. The van der Waals surface area contributed by atoms with Crippen molar-refractivity contribution in [3.05, 3.63) is 0 Å². The van der Waals surface area contributed by atoms with Gasteiger partial charge < -0.3 is 19.3 Å². The molecule has 0 saturated carbocycles. The molecule has 0 spiro atoms. The zero-order chi connectivity index (χ0) is 25.9. The predicted octanol–water partition coefficient (Wildman–Crippen LogP) is 7.31. The van der Waals surface area contributed by atoms with Crippen molar-refractivity contribution in [2.24, 2.45) is 5.92 Å². The van der Waals surface area contributed by atoms with Gasteiger partial charge in [-0.05, 0) is 47.5 Å². The fourth-order valence-corrected chi connectivity index (χ4v) is 3.84. The van der Waals surface area contributed by atoms with Gasteiger partial charge in [0.15, 0.2) is 11.7 Å². The molecule has 0 bridgehead atoms. The van der Waals surface area contributed by atoms with Crippen LogP contribution in [0.5, 0.6) is 0 Å². The van der Waals surface area contributed by atoms with Gasteiger partial charge in [0.05, 0.1) is 0 Å². The molecule has 1 N–H and O–H groups in total. The van der Waals surface area contributed by atoms with E-state index >= 15 is 0 Å². The number of hydrogen-bond acceptors (Lipinski definition) is 3. The average molecular weight is 484 g/mol. The van der Waals surface area contributed by atoms with Crippen LogP contribution in [-0.2, 0) is 9.47 Å². The Balaban J connectivity index is 0. The summed E-state index contributed by atoms with van der Waals surface area (Å²) in [6.07, 6.45) is 2.62. The smallest absolute Gasteiger partial charge is 0.353 e. The van der Waals surface area contributed by atoms with Crippen molar-refractivity contribution in [3.8, 4) is 0 Å². The van der Waals surface area contributed by atoms with Crippen molar-refractivity contribution < 1.29 is 22.6 Å². The fourth-order valence-electron chi connectivity index (χ4n) is 3.84. The Labute approximate surface area is 201 Å². The van der Waals surface area contributed by atoms with Gasteiger partial charge in [-0.3, -0.25) is 5.41 Å². The molecule has 1 unspecified atom stereocenters. The summed E-state index contributed by atoms with van der Waals surface area (Å²) in [5.74, 6) is -0.514. The van der Waals surface area contributed by atoms with Gasteiger partial charge in [0.1, 0.15) is 0 Å². The molecule has 0 aromatic heterocycles. The minimum absolute atomic E-state index is 0.0522. The molecule has 0 rings (SSSR count). The van der Waals surface area contributed by atoms with E-state index < -0.39 is 18.4 Å². The van der Waals surface area contributed by atoms with Gasteiger partial charge in [-0.2, -0.15) is 13.2 Å². The number of ether oxygens (including phenoxy) is 2. The number of nitrogens with zero attached hydrogens (tertiary/aromatic N) is 2. The lowest BCUT2D eigenvalue weighted by Gasteiger charge is -2.35. The summed E-state index contributed by atoms with van der Waals surface area (Å²) >= 11 is 0. The van der Waals surface area contributed by atoms with Crippen LogP contribution in [0.4, 0.5) is 13.2 Å². The van der Waals surface area contributed by atoms with E-state index in [1.807, 2.05) is 0 Å². The zero-order valence-electron chi connectivity index (χ0n) is 22.6. The second-order valence-electron chi connectivity index (χ2n) is 8.50. The summed E-state index contributed by atoms with van der Waals surface area (Å²) in [7, 11) is 2.98. The molecule has 0 aliphatic carbocycles. The third-order valence-electron chi connectivity index (χ3n) is 6.36. The lowest BCUT2D eigenvalue weighted by molar-refractivity contribution is -0.235. The van der Waals surface area contributed by atoms with Gasteiger partial charge in [0, 0.05) is 52.7 Å².